The molecule has 1 aliphatic carbocycles. The van der Waals surface area contributed by atoms with Crippen LogP contribution in [0.25, 0.3) is 33.4 Å². The van der Waals surface area contributed by atoms with E-state index in [4.69, 9.17) is 26.1 Å². The van der Waals surface area contributed by atoms with Crippen molar-refractivity contribution in [2.45, 2.75) is 38.1 Å². The number of benzene rings is 4. The van der Waals surface area contributed by atoms with Gasteiger partial charge in [-0.05, 0) is 98.1 Å². The summed E-state index contributed by atoms with van der Waals surface area (Å²) in [7, 11) is 0. The Kier molecular flexibility index (Phi) is 25.7. The summed E-state index contributed by atoms with van der Waals surface area (Å²) in [5.41, 5.74) is 2.42. The van der Waals surface area contributed by atoms with E-state index < -0.39 is 30.5 Å². The van der Waals surface area contributed by atoms with Crippen LogP contribution in [0.1, 0.15) is 73.5 Å². The van der Waals surface area contributed by atoms with E-state index in [9.17, 15) is 48.9 Å². The summed E-state index contributed by atoms with van der Waals surface area (Å²) in [6.07, 6.45) is 1.42. The number of amides is 3. The van der Waals surface area contributed by atoms with Gasteiger partial charge in [0.25, 0.3) is 11.8 Å². The van der Waals surface area contributed by atoms with Gasteiger partial charge in [-0.2, -0.15) is 0 Å². The number of Topliss-reactive ketones (excluding diaryl/α,β-unsaturated/α-hetero) is 1. The molecule has 0 bridgehead atoms. The molecular weight excluding hydrogens is 1100 g/mol. The van der Waals surface area contributed by atoms with Gasteiger partial charge in [-0.3, -0.25) is 24.0 Å². The van der Waals surface area contributed by atoms with E-state index in [1.807, 2.05) is 0 Å². The molecule has 3 heterocycles. The van der Waals surface area contributed by atoms with Gasteiger partial charge in [0.1, 0.15) is 29.7 Å². The third-order valence-electron chi connectivity index (χ3n) is 14.1. The van der Waals surface area contributed by atoms with Crippen molar-refractivity contribution in [1.82, 2.24) is 52.3 Å². The second-order valence-electron chi connectivity index (χ2n) is 20.3. The van der Waals surface area contributed by atoms with E-state index in [2.05, 4.69) is 47.9 Å². The van der Waals surface area contributed by atoms with Gasteiger partial charge >= 0.3 is 11.9 Å². The van der Waals surface area contributed by atoms with Crippen LogP contribution in [0.4, 0.5) is 5.69 Å². The smallest absolute Gasteiger partial charge is 0.336 e. The number of carboxylic acid groups (broad SMARTS) is 2. The second kappa shape index (κ2) is 33.7. The first-order valence-corrected chi connectivity index (χ1v) is 29.0. The predicted octanol–water partition coefficient (Wildman–Crippen LogP) is 2.14. The number of anilines is 1. The Morgan fingerprint density at radius 3 is 1.80 bits per heavy atom. The normalized spacial score (nSPS) is 15.6. The maximum absolute atomic E-state index is 14.2. The minimum Gasteiger partial charge on any atom is -0.508 e. The first-order chi connectivity index (χ1) is 40.7. The third kappa shape index (κ3) is 19.8. The highest BCUT2D eigenvalue weighted by atomic mass is 32.1. The minimum absolute atomic E-state index is 0.0290. The fraction of sp³-hybridized carbons (Fsp3) is 0.458. The predicted molar refractivity (Wildman–Crippen MR) is 321 cm³/mol. The summed E-state index contributed by atoms with van der Waals surface area (Å²) >= 11 is 5.47. The molecule has 2 fully saturated rings. The average Bonchev–Trinajstić information content (AvgIpc) is 1.85. The van der Waals surface area contributed by atoms with Crippen molar-refractivity contribution in [1.29, 1.82) is 0 Å². The van der Waals surface area contributed by atoms with Crippen molar-refractivity contribution < 1.29 is 58.0 Å². The Labute approximate surface area is 492 Å². The Balaban J connectivity index is 0.832. The van der Waals surface area contributed by atoms with Gasteiger partial charge in [-0.25, -0.2) is 9.59 Å². The number of rotatable bonds is 22. The number of fused-ring (bicyclic) bond motifs is 2. The quantitative estimate of drug-likeness (QED) is 0.0204. The number of carboxylic acids is 2. The zero-order valence-corrected chi connectivity index (χ0v) is 47.9. The van der Waals surface area contributed by atoms with Gasteiger partial charge in [0.2, 0.25) is 5.91 Å². The molecule has 1 atom stereocenters. The van der Waals surface area contributed by atoms with Crippen LogP contribution in [0.3, 0.4) is 0 Å². The number of phenolic OH excluding ortho intramolecular Hbond substituents is 1. The highest BCUT2D eigenvalue weighted by Crippen LogP contribution is 2.42. The van der Waals surface area contributed by atoms with Crippen LogP contribution in [0.5, 0.6) is 5.75 Å². The maximum atomic E-state index is 14.2. The minimum atomic E-state index is -1.22. The zero-order valence-electron chi connectivity index (χ0n) is 47.1. The highest BCUT2D eigenvalue weighted by molar-refractivity contribution is 7.80. The lowest BCUT2D eigenvalue weighted by Crippen LogP contribution is -2.44. The van der Waals surface area contributed by atoms with Crippen LogP contribution in [0.15, 0.2) is 82.0 Å². The number of ether oxygens (including phenoxy) is 2. The number of aliphatic carboxylic acids is 1. The van der Waals surface area contributed by atoms with Crippen LogP contribution < -0.4 is 53.3 Å². The Bertz CT molecular complexity index is 3010. The van der Waals surface area contributed by atoms with Crippen molar-refractivity contribution in [3.8, 4) is 28.2 Å². The number of hydrogen-bond donors (Lipinski definition) is 12. The average molecular weight is 1180 g/mol. The summed E-state index contributed by atoms with van der Waals surface area (Å²) in [4.78, 5) is 95.3. The lowest BCUT2D eigenvalue weighted by molar-refractivity contribution is -0.142. The number of aromatic hydroxyl groups is 1. The number of aromatic carboxylic acids is 1. The number of carbonyl (C=O) groups is 6. The molecule has 0 aromatic heterocycles. The number of carbonyl (C=O) groups excluding carboxylic acids is 4. The van der Waals surface area contributed by atoms with Crippen molar-refractivity contribution in [3.05, 3.63) is 105 Å². The van der Waals surface area contributed by atoms with Gasteiger partial charge in [-0.1, -0.05) is 6.07 Å². The standard InChI is InChI=1S/C59H77N11O13S/c71-43-7-10-46-51(36-43)83-52-37-44(72)8-11-47(52)54(46)45-9-6-42(35-48(45)57(77)78)67-59(84)66-12-2-1-4-49(58(79)80)68-53(74)38-82-31-30-81-29-3-5-50(73)39-32-40(55(75)69-25-21-62-17-13-60-14-18-63-22-26-69)34-41(33-39)56(76)70-27-23-64-19-15-61-16-20-65-24-28-70/h6-11,32-37,49,60-65,71H,1-5,12-31,38H2,(H,68,74)(H,77,78)(H,79,80)(H2,66,67,84). The first-order valence-electron chi connectivity index (χ1n) is 28.6. The van der Waals surface area contributed by atoms with Crippen molar-refractivity contribution in [2.75, 3.05) is 143 Å². The molecule has 25 heteroatoms. The SMILES string of the molecule is O=C(COCCOCCCC(=O)c1cc(C(=O)N2CCNCCNCCNCC2)cc(C(=O)N2CCNCCNCCNCC2)c1)NC(CCCCNC(=S)Nc1ccc(-c2c3ccc(=O)cc-3oc3cc(O)ccc23)c(C(=O)O)c1)C(=O)O. The summed E-state index contributed by atoms with van der Waals surface area (Å²) in [6.45, 7) is 10.6. The van der Waals surface area contributed by atoms with Crippen LogP contribution in [-0.4, -0.2) is 209 Å². The topological polar surface area (TPSA) is 327 Å². The number of nitrogens with one attached hydrogen (secondary N) is 9. The molecule has 3 aliphatic heterocycles. The Morgan fingerprint density at radius 2 is 1.20 bits per heavy atom. The number of phenols is 1. The van der Waals surface area contributed by atoms with Crippen molar-refractivity contribution in [3.63, 3.8) is 0 Å². The molecule has 84 heavy (non-hydrogen) atoms. The van der Waals surface area contributed by atoms with Crippen molar-refractivity contribution >= 4 is 69.4 Å². The number of unbranched alkanes of at least 4 members (excludes halogenated alkanes) is 1. The van der Waals surface area contributed by atoms with Gasteiger partial charge in [-0.15, -0.1) is 0 Å². The largest absolute Gasteiger partial charge is 0.508 e. The molecule has 3 aromatic rings. The number of thiocarbonyl (C=S) groups is 1. The summed E-state index contributed by atoms with van der Waals surface area (Å²) in [5, 5.41) is 59.7. The molecule has 24 nitrogen and oxygen atoms in total. The number of ketones is 1. The Hall–Kier alpha value is -7.46. The zero-order chi connectivity index (χ0) is 59.6. The van der Waals surface area contributed by atoms with Crippen LogP contribution >= 0.6 is 12.2 Å². The number of nitrogens with zero attached hydrogens (tertiary/aromatic N) is 2. The lowest BCUT2D eigenvalue weighted by atomic mass is 9.90. The van der Waals surface area contributed by atoms with E-state index in [0.29, 0.717) is 106 Å². The second-order valence-corrected chi connectivity index (χ2v) is 20.7. The van der Waals surface area contributed by atoms with Crippen LogP contribution in [-0.2, 0) is 19.1 Å². The molecule has 4 aliphatic rings. The van der Waals surface area contributed by atoms with Gasteiger partial charge < -0.3 is 86.9 Å². The molecular formula is C59H77N11O13S. The molecule has 0 spiro atoms. The molecule has 0 radical (unpaired) electrons. The van der Waals surface area contributed by atoms with Crippen LogP contribution in [0, 0.1) is 0 Å². The van der Waals surface area contributed by atoms with Crippen molar-refractivity contribution in [2.24, 2.45) is 0 Å². The maximum Gasteiger partial charge on any atom is 0.336 e. The van der Waals surface area contributed by atoms with E-state index >= 15 is 0 Å². The molecule has 12 N–H and O–H groups in total. The van der Waals surface area contributed by atoms with Gasteiger partial charge in [0.05, 0.1) is 18.8 Å². The van der Waals surface area contributed by atoms with E-state index in [1.165, 1.54) is 30.3 Å². The van der Waals surface area contributed by atoms with E-state index in [-0.39, 0.29) is 100 Å². The molecule has 3 aromatic carbocycles. The number of hydrogen-bond acceptors (Lipinski definition) is 18. The van der Waals surface area contributed by atoms with E-state index in [0.717, 1.165) is 52.4 Å². The monoisotopic (exact) mass is 1180 g/mol. The van der Waals surface area contributed by atoms with Crippen LogP contribution in [0.2, 0.25) is 0 Å². The molecule has 2 saturated heterocycles. The third-order valence-corrected chi connectivity index (χ3v) is 14.3. The first kappa shape index (κ1) is 64.1. The highest BCUT2D eigenvalue weighted by Gasteiger charge is 2.26. The van der Waals surface area contributed by atoms with E-state index in [1.54, 1.807) is 52.3 Å². The Morgan fingerprint density at radius 1 is 0.631 bits per heavy atom. The summed E-state index contributed by atoms with van der Waals surface area (Å²) < 4.78 is 17.1. The molecule has 0 saturated carbocycles. The summed E-state index contributed by atoms with van der Waals surface area (Å²) in [5.74, 6) is -3.67. The summed E-state index contributed by atoms with van der Waals surface area (Å²) in [6, 6.07) is 17.0. The van der Waals surface area contributed by atoms with Gasteiger partial charge in [0, 0.05) is 175 Å². The molecule has 452 valence electrons. The molecule has 3 amide bonds. The molecule has 1 unspecified atom stereocenters. The fourth-order valence-corrected chi connectivity index (χ4v) is 9.94. The molecule has 7 rings (SSSR count). The van der Waals surface area contributed by atoms with Gasteiger partial charge in [0.15, 0.2) is 16.3 Å². The fourth-order valence-electron chi connectivity index (χ4n) is 9.72. The lowest BCUT2D eigenvalue weighted by Gasteiger charge is -2.26.